The predicted molar refractivity (Wildman–Crippen MR) is 123 cm³/mol. The van der Waals surface area contributed by atoms with Gasteiger partial charge in [-0.25, -0.2) is 0 Å². The summed E-state index contributed by atoms with van der Waals surface area (Å²) in [6, 6.07) is 20.1. The van der Waals surface area contributed by atoms with E-state index < -0.39 is 23.9 Å². The van der Waals surface area contributed by atoms with Gasteiger partial charge in [0, 0.05) is 12.5 Å². The highest BCUT2D eigenvalue weighted by atomic mass is 32.2. The minimum absolute atomic E-state index is 0.0432. The van der Waals surface area contributed by atoms with Gasteiger partial charge in [0.25, 0.3) is 8.32 Å². The molecule has 2 aromatic carbocycles. The number of alkyl halides is 3. The van der Waals surface area contributed by atoms with Gasteiger partial charge in [0.05, 0.1) is 0 Å². The number of benzene rings is 2. The molecule has 2 aliphatic carbocycles. The largest absolute Gasteiger partial charge is 0.534 e. The summed E-state index contributed by atoms with van der Waals surface area (Å²) in [6.07, 6.45) is 1.94. The summed E-state index contributed by atoms with van der Waals surface area (Å²) in [5.74, 6) is -0.495. The zero-order chi connectivity index (χ0) is 24.1. The Morgan fingerprint density at radius 3 is 1.91 bits per heavy atom. The lowest BCUT2D eigenvalue weighted by molar-refractivity contribution is -0.0524. The Balaban J connectivity index is 1.60. The summed E-state index contributed by atoms with van der Waals surface area (Å²) < 4.78 is 72.6. The van der Waals surface area contributed by atoms with Crippen molar-refractivity contribution in [3.05, 3.63) is 72.5 Å². The molecule has 0 bridgehead atoms. The summed E-state index contributed by atoms with van der Waals surface area (Å²) in [5, 5.41) is 2.00. The van der Waals surface area contributed by atoms with Crippen LogP contribution in [0.4, 0.5) is 13.2 Å². The maximum absolute atomic E-state index is 12.8. The van der Waals surface area contributed by atoms with Crippen molar-refractivity contribution < 1.29 is 30.2 Å². The number of halogens is 3. The molecule has 3 atom stereocenters. The maximum atomic E-state index is 12.8. The van der Waals surface area contributed by atoms with Crippen molar-refractivity contribution in [1.29, 1.82) is 0 Å². The lowest BCUT2D eigenvalue weighted by atomic mass is 10.2. The van der Waals surface area contributed by atoms with Crippen molar-refractivity contribution in [2.45, 2.75) is 37.7 Å². The zero-order valence-electron chi connectivity index (χ0n) is 18.7. The van der Waals surface area contributed by atoms with Gasteiger partial charge in [0.1, 0.15) is 5.76 Å². The van der Waals surface area contributed by atoms with Gasteiger partial charge < -0.3 is 8.61 Å². The molecule has 0 radical (unpaired) electrons. The molecule has 0 unspecified atom stereocenters. The fraction of sp³-hybridized carbons (Fsp3) is 0.417. The van der Waals surface area contributed by atoms with Gasteiger partial charge in [0.15, 0.2) is 0 Å². The molecule has 178 valence electrons. The van der Waals surface area contributed by atoms with E-state index in [1.807, 2.05) is 36.4 Å². The Morgan fingerprint density at radius 2 is 1.45 bits per heavy atom. The third kappa shape index (κ3) is 4.26. The number of allylic oxidation sites excluding steroid dienone is 2. The highest BCUT2D eigenvalue weighted by molar-refractivity contribution is 7.87. The van der Waals surface area contributed by atoms with Crippen LogP contribution in [0.3, 0.4) is 0 Å². The van der Waals surface area contributed by atoms with Crippen molar-refractivity contribution in [3.63, 3.8) is 0 Å². The molecule has 2 aliphatic rings. The zero-order valence-corrected chi connectivity index (χ0v) is 20.5. The van der Waals surface area contributed by atoms with E-state index in [4.69, 9.17) is 4.43 Å². The Bertz CT molecular complexity index is 1090. The fourth-order valence-electron chi connectivity index (χ4n) is 5.05. The Hall–Kier alpha value is -2.10. The van der Waals surface area contributed by atoms with Gasteiger partial charge >= 0.3 is 15.6 Å². The summed E-state index contributed by atoms with van der Waals surface area (Å²) in [7, 11) is -8.44. The number of rotatable bonds is 7. The van der Waals surface area contributed by atoms with Gasteiger partial charge in [-0.1, -0.05) is 81.4 Å². The third-order valence-electron chi connectivity index (χ3n) is 6.65. The summed E-state index contributed by atoms with van der Waals surface area (Å²) in [4.78, 5) is 0. The van der Waals surface area contributed by atoms with E-state index in [1.54, 1.807) is 0 Å². The molecule has 0 amide bonds. The molecule has 1 fully saturated rings. The van der Waals surface area contributed by atoms with Crippen LogP contribution in [0.15, 0.2) is 72.5 Å². The SMILES string of the molecule is CC(C)(C)[Si](OC[C@H]1[C@H]2CC=C(OS(=O)(=O)C(F)(F)F)[C@H]21)(c1ccccc1)c1ccccc1. The van der Waals surface area contributed by atoms with Crippen LogP contribution in [0.2, 0.25) is 5.04 Å². The van der Waals surface area contributed by atoms with E-state index in [9.17, 15) is 21.6 Å². The van der Waals surface area contributed by atoms with Crippen LogP contribution in [0.25, 0.3) is 0 Å². The van der Waals surface area contributed by atoms with E-state index in [-0.39, 0.29) is 28.6 Å². The molecule has 33 heavy (non-hydrogen) atoms. The molecule has 9 heteroatoms. The van der Waals surface area contributed by atoms with Crippen LogP contribution in [-0.4, -0.2) is 28.9 Å². The lowest BCUT2D eigenvalue weighted by Gasteiger charge is -2.43. The second-order valence-corrected chi connectivity index (χ2v) is 15.5. The molecule has 0 saturated heterocycles. The summed E-state index contributed by atoms with van der Waals surface area (Å²) >= 11 is 0. The van der Waals surface area contributed by atoms with Crippen LogP contribution >= 0.6 is 0 Å². The Kier molecular flexibility index (Phi) is 6.03. The predicted octanol–water partition coefficient (Wildman–Crippen LogP) is 4.58. The third-order valence-corrected chi connectivity index (χ3v) is 12.6. The number of hydrogen-bond acceptors (Lipinski definition) is 4. The molecule has 2 aromatic rings. The second kappa shape index (κ2) is 8.28. The van der Waals surface area contributed by atoms with Crippen LogP contribution in [0.1, 0.15) is 27.2 Å². The van der Waals surface area contributed by atoms with Crippen molar-refractivity contribution in [1.82, 2.24) is 0 Å². The van der Waals surface area contributed by atoms with E-state index in [1.165, 1.54) is 6.08 Å². The first kappa shape index (κ1) is 24.0. The Labute approximate surface area is 193 Å². The highest BCUT2D eigenvalue weighted by Crippen LogP contribution is 2.59. The quantitative estimate of drug-likeness (QED) is 0.320. The molecule has 0 N–H and O–H groups in total. The average Bonchev–Trinajstić information content (AvgIpc) is 3.28. The molecule has 0 heterocycles. The molecule has 0 aromatic heterocycles. The molecular formula is C24H27F3O4SSi. The number of fused-ring (bicyclic) bond motifs is 1. The van der Waals surface area contributed by atoms with Gasteiger partial charge in [0.2, 0.25) is 0 Å². The van der Waals surface area contributed by atoms with E-state index in [0.717, 1.165) is 10.4 Å². The molecule has 1 saturated carbocycles. The first-order valence-electron chi connectivity index (χ1n) is 10.8. The van der Waals surface area contributed by atoms with E-state index >= 15 is 0 Å². The molecule has 0 aliphatic heterocycles. The van der Waals surface area contributed by atoms with Crippen molar-refractivity contribution in [2.75, 3.05) is 6.61 Å². The van der Waals surface area contributed by atoms with Crippen LogP contribution in [-0.2, 0) is 18.7 Å². The molecule has 4 nitrogen and oxygen atoms in total. The first-order valence-corrected chi connectivity index (χ1v) is 14.2. The fourth-order valence-corrected chi connectivity index (χ4v) is 10.2. The van der Waals surface area contributed by atoms with Crippen molar-refractivity contribution >= 4 is 28.8 Å². The highest BCUT2D eigenvalue weighted by Gasteiger charge is 2.60. The van der Waals surface area contributed by atoms with Crippen molar-refractivity contribution in [2.24, 2.45) is 17.8 Å². The lowest BCUT2D eigenvalue weighted by Crippen LogP contribution is -2.66. The van der Waals surface area contributed by atoms with Crippen LogP contribution < -0.4 is 10.4 Å². The van der Waals surface area contributed by atoms with Gasteiger partial charge in [-0.3, -0.25) is 0 Å². The van der Waals surface area contributed by atoms with Gasteiger partial charge in [-0.2, -0.15) is 21.6 Å². The topological polar surface area (TPSA) is 52.6 Å². The minimum Gasteiger partial charge on any atom is -0.407 e. The molecule has 4 rings (SSSR count). The van der Waals surface area contributed by atoms with E-state index in [0.29, 0.717) is 13.0 Å². The van der Waals surface area contributed by atoms with Crippen LogP contribution in [0.5, 0.6) is 0 Å². The van der Waals surface area contributed by atoms with Gasteiger partial charge in [-0.05, 0) is 39.7 Å². The molecular weight excluding hydrogens is 469 g/mol. The summed E-state index contributed by atoms with van der Waals surface area (Å²) in [5.41, 5.74) is -5.44. The van der Waals surface area contributed by atoms with Crippen LogP contribution in [0, 0.1) is 17.8 Å². The van der Waals surface area contributed by atoms with Crippen molar-refractivity contribution in [3.8, 4) is 0 Å². The van der Waals surface area contributed by atoms with E-state index in [2.05, 4.69) is 49.2 Å². The minimum atomic E-state index is -5.66. The van der Waals surface area contributed by atoms with Gasteiger partial charge in [-0.15, -0.1) is 0 Å². The average molecular weight is 497 g/mol. The first-order chi connectivity index (χ1) is 15.4. The standard InChI is InChI=1S/C24H27F3O4SSi/c1-23(2,3)33(17-10-6-4-7-11-17,18-12-8-5-9-13-18)30-16-20-19-14-15-21(22(19)20)31-32(28,29)24(25,26)27/h4-13,15,19-20,22H,14,16H2,1-3H3/t19-,20+,22-/m1/s1. The number of hydrogen-bond donors (Lipinski definition) is 0. The summed E-state index contributed by atoms with van der Waals surface area (Å²) in [6.45, 7) is 6.78. The smallest absolute Gasteiger partial charge is 0.407 e. The molecule has 0 spiro atoms. The normalized spacial score (nSPS) is 23.1. The Morgan fingerprint density at radius 1 is 0.939 bits per heavy atom. The second-order valence-electron chi connectivity index (χ2n) is 9.65. The monoisotopic (exact) mass is 496 g/mol. The maximum Gasteiger partial charge on any atom is 0.534 e.